The summed E-state index contributed by atoms with van der Waals surface area (Å²) in [5.41, 5.74) is 2.04. The molecule has 0 amide bonds. The number of likely N-dealkylation sites (N-methyl/N-ethyl adjacent to an activating group) is 1. The summed E-state index contributed by atoms with van der Waals surface area (Å²) in [5.74, 6) is 1.05. The summed E-state index contributed by atoms with van der Waals surface area (Å²) in [6.45, 7) is 0.417. The number of phenols is 1. The normalized spacial score (nSPS) is 47.1. The van der Waals surface area contributed by atoms with Crippen LogP contribution in [0, 0.1) is 5.92 Å². The molecule has 0 radical (unpaired) electrons. The van der Waals surface area contributed by atoms with Crippen molar-refractivity contribution < 1.29 is 39.7 Å². The fourth-order valence-corrected chi connectivity index (χ4v) is 7.18. The second-order valence-electron chi connectivity index (χ2n) is 10.1. The van der Waals surface area contributed by atoms with Gasteiger partial charge in [-0.25, -0.2) is 0 Å². The van der Waals surface area contributed by atoms with E-state index in [9.17, 15) is 25.5 Å². The van der Waals surface area contributed by atoms with E-state index in [4.69, 9.17) is 14.2 Å². The molecule has 2 bridgehead atoms. The molecule has 5 aliphatic rings. The number of benzene rings is 1. The summed E-state index contributed by atoms with van der Waals surface area (Å²) in [6, 6.07) is 4.10. The minimum Gasteiger partial charge on any atom is -0.504 e. The SMILES string of the molecule is CN1CCC23c4c5ccc(O)c4O[C@H]2[C@@H](OC2OC(CO)C(O)C(O)C2O)CCC3C1C5. The van der Waals surface area contributed by atoms with Crippen LogP contribution in [0.25, 0.3) is 0 Å². The van der Waals surface area contributed by atoms with Gasteiger partial charge < -0.3 is 44.6 Å². The molecule has 6 rings (SSSR count). The highest BCUT2D eigenvalue weighted by Crippen LogP contribution is 2.64. The number of ether oxygens (including phenoxy) is 3. The number of rotatable bonds is 3. The fourth-order valence-electron chi connectivity index (χ4n) is 7.18. The summed E-state index contributed by atoms with van der Waals surface area (Å²) in [5, 5.41) is 50.9. The Hall–Kier alpha value is -1.46. The number of hydrogen-bond donors (Lipinski definition) is 5. The molecule has 5 N–H and O–H groups in total. The number of hydrogen-bond acceptors (Lipinski definition) is 9. The van der Waals surface area contributed by atoms with E-state index in [0.717, 1.165) is 31.4 Å². The molecule has 2 saturated heterocycles. The Balaban J connectivity index is 1.36. The van der Waals surface area contributed by atoms with Crippen molar-refractivity contribution in [3.05, 3.63) is 23.3 Å². The van der Waals surface area contributed by atoms with Gasteiger partial charge in [-0.15, -0.1) is 0 Å². The van der Waals surface area contributed by atoms with Crippen LogP contribution in [0.3, 0.4) is 0 Å². The van der Waals surface area contributed by atoms with Crippen molar-refractivity contribution >= 4 is 0 Å². The Morgan fingerprint density at radius 2 is 1.97 bits per heavy atom. The summed E-state index contributed by atoms with van der Waals surface area (Å²) in [4.78, 5) is 2.43. The maximum absolute atomic E-state index is 10.6. The van der Waals surface area contributed by atoms with Crippen molar-refractivity contribution in [2.45, 2.75) is 80.1 Å². The quantitative estimate of drug-likeness (QED) is 0.404. The second kappa shape index (κ2) is 7.27. The molecule has 1 aromatic carbocycles. The van der Waals surface area contributed by atoms with Gasteiger partial charge in [-0.05, 0) is 56.8 Å². The van der Waals surface area contributed by atoms with Crippen molar-refractivity contribution in [3.8, 4) is 11.5 Å². The molecule has 32 heavy (non-hydrogen) atoms. The van der Waals surface area contributed by atoms with Crippen LogP contribution in [0.2, 0.25) is 0 Å². The molecular formula is C23H31NO8. The maximum Gasteiger partial charge on any atom is 0.187 e. The van der Waals surface area contributed by atoms with Gasteiger partial charge in [-0.1, -0.05) is 6.07 Å². The number of likely N-dealkylation sites (tertiary alicyclic amines) is 1. The lowest BCUT2D eigenvalue weighted by atomic mass is 9.51. The summed E-state index contributed by atoms with van der Waals surface area (Å²) < 4.78 is 18.3. The zero-order chi connectivity index (χ0) is 22.4. The van der Waals surface area contributed by atoms with Crippen LogP contribution >= 0.6 is 0 Å². The molecule has 3 heterocycles. The predicted octanol–water partition coefficient (Wildman–Crippen LogP) is -0.754. The lowest BCUT2D eigenvalue weighted by Gasteiger charge is -2.59. The highest BCUT2D eigenvalue weighted by molar-refractivity contribution is 5.60. The van der Waals surface area contributed by atoms with Crippen molar-refractivity contribution in [2.75, 3.05) is 20.2 Å². The zero-order valence-corrected chi connectivity index (χ0v) is 18.0. The van der Waals surface area contributed by atoms with Crippen molar-refractivity contribution in [2.24, 2.45) is 5.92 Å². The van der Waals surface area contributed by atoms with Gasteiger partial charge in [0.25, 0.3) is 0 Å². The highest BCUT2D eigenvalue weighted by Gasteiger charge is 2.66. The molecule has 1 saturated carbocycles. The lowest BCUT2D eigenvalue weighted by molar-refractivity contribution is -0.321. The van der Waals surface area contributed by atoms with E-state index in [1.165, 1.54) is 5.56 Å². The predicted molar refractivity (Wildman–Crippen MR) is 110 cm³/mol. The van der Waals surface area contributed by atoms with Crippen LogP contribution in [0.4, 0.5) is 0 Å². The molecule has 10 atom stereocenters. The molecule has 0 aromatic heterocycles. The van der Waals surface area contributed by atoms with E-state index in [2.05, 4.69) is 11.9 Å². The highest BCUT2D eigenvalue weighted by atomic mass is 16.7. The maximum atomic E-state index is 10.6. The van der Waals surface area contributed by atoms with Gasteiger partial charge in [0.1, 0.15) is 30.5 Å². The first-order valence-corrected chi connectivity index (χ1v) is 11.5. The first kappa shape index (κ1) is 21.1. The molecule has 9 nitrogen and oxygen atoms in total. The molecule has 3 fully saturated rings. The average Bonchev–Trinajstić information content (AvgIpc) is 3.14. The molecule has 3 aliphatic heterocycles. The molecule has 9 heteroatoms. The summed E-state index contributed by atoms with van der Waals surface area (Å²) in [7, 11) is 2.17. The third-order valence-corrected chi connectivity index (χ3v) is 8.70. The topological polar surface area (TPSA) is 132 Å². The number of piperidine rings is 1. The first-order chi connectivity index (χ1) is 15.4. The molecule has 1 aromatic rings. The van der Waals surface area contributed by atoms with Crippen LogP contribution in [-0.2, 0) is 21.3 Å². The fraction of sp³-hybridized carbons (Fsp3) is 0.739. The molecule has 2 aliphatic carbocycles. The third-order valence-electron chi connectivity index (χ3n) is 8.70. The number of aliphatic hydroxyl groups excluding tert-OH is 4. The lowest BCUT2D eigenvalue weighted by Crippen LogP contribution is -2.67. The minimum absolute atomic E-state index is 0.134. The van der Waals surface area contributed by atoms with Crippen molar-refractivity contribution in [1.82, 2.24) is 4.90 Å². The summed E-state index contributed by atoms with van der Waals surface area (Å²) in [6.07, 6.45) is -3.97. The smallest absolute Gasteiger partial charge is 0.187 e. The van der Waals surface area contributed by atoms with E-state index in [0.29, 0.717) is 24.1 Å². The summed E-state index contributed by atoms with van der Waals surface area (Å²) >= 11 is 0. The molecule has 1 spiro atoms. The van der Waals surface area contributed by atoms with Gasteiger partial charge in [0, 0.05) is 17.0 Å². The Labute approximate surface area is 186 Å². The minimum atomic E-state index is -1.49. The zero-order valence-electron chi connectivity index (χ0n) is 18.0. The van der Waals surface area contributed by atoms with Crippen LogP contribution in [-0.4, -0.2) is 99.6 Å². The van der Waals surface area contributed by atoms with Crippen molar-refractivity contribution in [1.29, 1.82) is 0 Å². The Bertz CT molecular complexity index is 910. The number of phenolic OH excluding ortho intramolecular Hbond substituents is 1. The largest absolute Gasteiger partial charge is 0.504 e. The molecule has 8 unspecified atom stereocenters. The van der Waals surface area contributed by atoms with E-state index in [-0.39, 0.29) is 17.3 Å². The van der Waals surface area contributed by atoms with Gasteiger partial charge in [-0.3, -0.25) is 0 Å². The average molecular weight is 450 g/mol. The van der Waals surface area contributed by atoms with Crippen LogP contribution in [0.1, 0.15) is 30.4 Å². The van der Waals surface area contributed by atoms with Gasteiger partial charge in [-0.2, -0.15) is 0 Å². The van der Waals surface area contributed by atoms with Crippen LogP contribution in [0.5, 0.6) is 11.5 Å². The van der Waals surface area contributed by atoms with Crippen LogP contribution in [0.15, 0.2) is 12.1 Å². The van der Waals surface area contributed by atoms with Crippen LogP contribution < -0.4 is 4.74 Å². The molecular weight excluding hydrogens is 418 g/mol. The van der Waals surface area contributed by atoms with Gasteiger partial charge in [0.15, 0.2) is 17.8 Å². The van der Waals surface area contributed by atoms with E-state index >= 15 is 0 Å². The van der Waals surface area contributed by atoms with E-state index < -0.39 is 43.4 Å². The van der Waals surface area contributed by atoms with Gasteiger partial charge in [0.05, 0.1) is 12.7 Å². The van der Waals surface area contributed by atoms with Crippen molar-refractivity contribution in [3.63, 3.8) is 0 Å². The second-order valence-corrected chi connectivity index (χ2v) is 10.1. The Kier molecular flexibility index (Phi) is 4.79. The number of aromatic hydroxyl groups is 1. The Morgan fingerprint density at radius 3 is 2.75 bits per heavy atom. The first-order valence-electron chi connectivity index (χ1n) is 11.5. The molecule has 176 valence electrons. The Morgan fingerprint density at radius 1 is 1.16 bits per heavy atom. The number of nitrogens with zero attached hydrogens (tertiary/aromatic N) is 1. The van der Waals surface area contributed by atoms with E-state index in [1.807, 2.05) is 6.07 Å². The van der Waals surface area contributed by atoms with Gasteiger partial charge in [0.2, 0.25) is 0 Å². The third kappa shape index (κ3) is 2.64. The van der Waals surface area contributed by atoms with E-state index in [1.54, 1.807) is 6.07 Å². The monoisotopic (exact) mass is 449 g/mol. The van der Waals surface area contributed by atoms with Gasteiger partial charge >= 0.3 is 0 Å². The number of aliphatic hydroxyl groups is 4. The standard InChI is InChI=1S/C23H31NO8/c1-24-7-6-23-11-3-5-14(30-22-19(29)18(28)17(27)15(9-25)31-22)21(23)32-20-13(26)4-2-10(16(20)23)8-12(11)24/h2,4,11-12,14-15,17-19,21-22,25-29H,3,5-9H2,1H3/t11?,12?,14-,15?,17?,18?,19?,21-,22?,23?/m0/s1.